The second-order valence-corrected chi connectivity index (χ2v) is 4.76. The molecule has 0 N–H and O–H groups in total. The molecule has 1 aliphatic heterocycles. The third-order valence-corrected chi connectivity index (χ3v) is 3.79. The second-order valence-electron chi connectivity index (χ2n) is 4.46. The first kappa shape index (κ1) is 13.5. The first-order valence-corrected chi connectivity index (χ1v) is 6.73. The number of hydrogen-bond donors (Lipinski definition) is 0. The number of alkyl halides is 1. The Morgan fingerprint density at radius 1 is 1.33 bits per heavy atom. The van der Waals surface area contributed by atoms with Crippen molar-refractivity contribution in [2.24, 2.45) is 5.92 Å². The van der Waals surface area contributed by atoms with E-state index in [9.17, 15) is 0 Å². The highest BCUT2D eigenvalue weighted by Gasteiger charge is 2.29. The maximum Gasteiger partial charge on any atom is 0.128 e. The molecule has 0 bridgehead atoms. The lowest BCUT2D eigenvalue weighted by molar-refractivity contribution is -0.0220. The average molecular weight is 271 g/mol. The zero-order valence-corrected chi connectivity index (χ0v) is 11.6. The van der Waals surface area contributed by atoms with E-state index in [0.717, 1.165) is 36.5 Å². The van der Waals surface area contributed by atoms with Crippen molar-refractivity contribution in [3.05, 3.63) is 23.8 Å². The molecule has 4 heteroatoms. The van der Waals surface area contributed by atoms with Gasteiger partial charge >= 0.3 is 0 Å². The average Bonchev–Trinajstić information content (AvgIpc) is 2.46. The van der Waals surface area contributed by atoms with Gasteiger partial charge in [-0.05, 0) is 25.0 Å². The van der Waals surface area contributed by atoms with Gasteiger partial charge in [0.15, 0.2) is 0 Å². The van der Waals surface area contributed by atoms with Gasteiger partial charge in [0.25, 0.3) is 0 Å². The van der Waals surface area contributed by atoms with Crippen molar-refractivity contribution in [2.45, 2.75) is 18.9 Å². The summed E-state index contributed by atoms with van der Waals surface area (Å²) >= 11 is 6.03. The van der Waals surface area contributed by atoms with Gasteiger partial charge in [0.1, 0.15) is 11.5 Å². The highest BCUT2D eigenvalue weighted by Crippen LogP contribution is 2.39. The van der Waals surface area contributed by atoms with E-state index < -0.39 is 0 Å². The predicted molar refractivity (Wildman–Crippen MR) is 71.7 cm³/mol. The van der Waals surface area contributed by atoms with Crippen LogP contribution in [0.15, 0.2) is 18.2 Å². The fraction of sp³-hybridized carbons (Fsp3) is 0.571. The Kier molecular flexibility index (Phi) is 4.72. The summed E-state index contributed by atoms with van der Waals surface area (Å²) in [7, 11) is 3.31. The molecular weight excluding hydrogens is 252 g/mol. The topological polar surface area (TPSA) is 27.7 Å². The molecule has 0 radical (unpaired) electrons. The van der Waals surface area contributed by atoms with E-state index in [0.29, 0.717) is 11.8 Å². The summed E-state index contributed by atoms with van der Waals surface area (Å²) in [6.07, 6.45) is 2.20. The number of rotatable bonds is 4. The Balaban J connectivity index is 2.30. The van der Waals surface area contributed by atoms with Crippen LogP contribution in [0, 0.1) is 5.92 Å². The molecule has 2 unspecified atom stereocenters. The van der Waals surface area contributed by atoms with Crippen molar-refractivity contribution in [2.75, 3.05) is 26.7 Å². The van der Waals surface area contributed by atoms with Gasteiger partial charge in [-0.2, -0.15) is 0 Å². The van der Waals surface area contributed by atoms with Gasteiger partial charge in [-0.3, -0.25) is 0 Å². The number of ether oxygens (including phenoxy) is 3. The molecular formula is C14H19ClO3. The second kappa shape index (κ2) is 6.30. The molecule has 1 saturated heterocycles. The molecule has 1 fully saturated rings. The molecule has 18 heavy (non-hydrogen) atoms. The van der Waals surface area contributed by atoms with Gasteiger partial charge in [0.05, 0.1) is 20.3 Å². The molecule has 2 atom stereocenters. The summed E-state index contributed by atoms with van der Waals surface area (Å²) in [5.74, 6) is 2.55. The van der Waals surface area contributed by atoms with Crippen LogP contribution in [0.4, 0.5) is 0 Å². The minimum Gasteiger partial charge on any atom is -0.497 e. The van der Waals surface area contributed by atoms with Gasteiger partial charge in [0.2, 0.25) is 0 Å². The quantitative estimate of drug-likeness (QED) is 0.785. The SMILES string of the molecule is COc1ccc(C2OCCCC2CCl)c(OC)c1. The molecule has 2 rings (SSSR count). The lowest BCUT2D eigenvalue weighted by Crippen LogP contribution is -2.24. The zero-order chi connectivity index (χ0) is 13.0. The van der Waals surface area contributed by atoms with Crippen LogP contribution in [0.3, 0.4) is 0 Å². The fourth-order valence-electron chi connectivity index (χ4n) is 2.40. The van der Waals surface area contributed by atoms with Crippen molar-refractivity contribution in [1.29, 1.82) is 0 Å². The summed E-state index contributed by atoms with van der Waals surface area (Å²) in [5, 5.41) is 0. The minimum absolute atomic E-state index is 0.0251. The van der Waals surface area contributed by atoms with Crippen LogP contribution in [0.25, 0.3) is 0 Å². The van der Waals surface area contributed by atoms with Crippen molar-refractivity contribution in [1.82, 2.24) is 0 Å². The fourth-order valence-corrected chi connectivity index (χ4v) is 2.71. The third-order valence-electron chi connectivity index (χ3n) is 3.39. The highest BCUT2D eigenvalue weighted by molar-refractivity contribution is 6.18. The van der Waals surface area contributed by atoms with Gasteiger partial charge < -0.3 is 14.2 Å². The Morgan fingerprint density at radius 3 is 2.83 bits per heavy atom. The minimum atomic E-state index is 0.0251. The number of hydrogen-bond acceptors (Lipinski definition) is 3. The van der Waals surface area contributed by atoms with E-state index in [-0.39, 0.29) is 6.10 Å². The van der Waals surface area contributed by atoms with Crippen LogP contribution in [-0.2, 0) is 4.74 Å². The van der Waals surface area contributed by atoms with Gasteiger partial charge in [-0.15, -0.1) is 11.6 Å². The Morgan fingerprint density at radius 2 is 2.17 bits per heavy atom. The maximum atomic E-state index is 6.03. The van der Waals surface area contributed by atoms with Gasteiger partial charge in [-0.25, -0.2) is 0 Å². The van der Waals surface area contributed by atoms with Crippen molar-refractivity contribution < 1.29 is 14.2 Å². The Bertz CT molecular complexity index is 395. The molecule has 0 aromatic heterocycles. The van der Waals surface area contributed by atoms with E-state index in [2.05, 4.69) is 0 Å². The molecule has 1 heterocycles. The summed E-state index contributed by atoms with van der Waals surface area (Å²) < 4.78 is 16.5. The normalized spacial score (nSPS) is 23.7. The van der Waals surface area contributed by atoms with Crippen molar-refractivity contribution in [3.8, 4) is 11.5 Å². The first-order chi connectivity index (χ1) is 8.80. The number of methoxy groups -OCH3 is 2. The number of benzene rings is 1. The summed E-state index contributed by atoms with van der Waals surface area (Å²) in [5.41, 5.74) is 1.06. The smallest absolute Gasteiger partial charge is 0.128 e. The molecule has 1 aliphatic rings. The Hall–Kier alpha value is -0.930. The number of halogens is 1. The van der Waals surface area contributed by atoms with E-state index >= 15 is 0 Å². The van der Waals surface area contributed by atoms with E-state index in [1.54, 1.807) is 14.2 Å². The maximum absolute atomic E-state index is 6.03. The van der Waals surface area contributed by atoms with Crippen LogP contribution in [0.5, 0.6) is 11.5 Å². The monoisotopic (exact) mass is 270 g/mol. The van der Waals surface area contributed by atoms with Crippen LogP contribution in [0.1, 0.15) is 24.5 Å². The van der Waals surface area contributed by atoms with Crippen molar-refractivity contribution in [3.63, 3.8) is 0 Å². The van der Waals surface area contributed by atoms with E-state index in [1.165, 1.54) is 0 Å². The van der Waals surface area contributed by atoms with E-state index in [4.69, 9.17) is 25.8 Å². The predicted octanol–water partition coefficient (Wildman–Crippen LogP) is 3.41. The Labute approximate surface area is 113 Å². The molecule has 0 amide bonds. The van der Waals surface area contributed by atoms with Crippen LogP contribution >= 0.6 is 11.6 Å². The van der Waals surface area contributed by atoms with Crippen LogP contribution in [0.2, 0.25) is 0 Å². The standard InChI is InChI=1S/C14H19ClO3/c1-16-11-5-6-12(13(8-11)17-2)14-10(9-15)4-3-7-18-14/h5-6,8,10,14H,3-4,7,9H2,1-2H3. The summed E-state index contributed by atoms with van der Waals surface area (Å²) in [6.45, 7) is 0.785. The molecule has 3 nitrogen and oxygen atoms in total. The molecule has 0 saturated carbocycles. The summed E-state index contributed by atoms with van der Waals surface area (Å²) in [4.78, 5) is 0. The summed E-state index contributed by atoms with van der Waals surface area (Å²) in [6, 6.07) is 5.83. The lowest BCUT2D eigenvalue weighted by Gasteiger charge is -2.31. The first-order valence-electron chi connectivity index (χ1n) is 6.19. The lowest BCUT2D eigenvalue weighted by atomic mass is 9.90. The van der Waals surface area contributed by atoms with Crippen molar-refractivity contribution >= 4 is 11.6 Å². The van der Waals surface area contributed by atoms with Gasteiger partial charge in [-0.1, -0.05) is 0 Å². The molecule has 1 aromatic rings. The third kappa shape index (κ3) is 2.73. The highest BCUT2D eigenvalue weighted by atomic mass is 35.5. The molecule has 0 aliphatic carbocycles. The van der Waals surface area contributed by atoms with Gasteiger partial charge in [0, 0.05) is 30.0 Å². The van der Waals surface area contributed by atoms with E-state index in [1.807, 2.05) is 18.2 Å². The van der Waals surface area contributed by atoms with Crippen LogP contribution < -0.4 is 9.47 Å². The molecule has 100 valence electrons. The zero-order valence-electron chi connectivity index (χ0n) is 10.8. The largest absolute Gasteiger partial charge is 0.497 e. The van der Waals surface area contributed by atoms with Crippen LogP contribution in [-0.4, -0.2) is 26.7 Å². The molecule has 0 spiro atoms. The molecule has 1 aromatic carbocycles.